The Kier molecular flexibility index (Phi) is 3.76. The highest BCUT2D eigenvalue weighted by atomic mass is 35.5. The van der Waals surface area contributed by atoms with Crippen molar-refractivity contribution in [2.45, 2.75) is 20.3 Å². The van der Waals surface area contributed by atoms with Gasteiger partial charge in [0.2, 0.25) is 0 Å². The van der Waals surface area contributed by atoms with Gasteiger partial charge < -0.3 is 0 Å². The molecule has 0 N–H and O–H groups in total. The molecule has 1 aromatic rings. The van der Waals surface area contributed by atoms with Gasteiger partial charge in [0.25, 0.3) is 0 Å². The smallest absolute Gasteiger partial charge is 0.0334 e. The summed E-state index contributed by atoms with van der Waals surface area (Å²) in [6, 6.07) is 2.22. The number of halogens is 1. The predicted octanol–water partition coefficient (Wildman–Crippen LogP) is 4.38. The van der Waals surface area contributed by atoms with Crippen LogP contribution in [0.25, 0.3) is 6.08 Å². The molecule has 0 fully saturated rings. The lowest BCUT2D eigenvalue weighted by atomic mass is 10.2. The number of rotatable bonds is 3. The fourth-order valence-electron chi connectivity index (χ4n) is 1.17. The minimum absolute atomic E-state index is 0.577. The van der Waals surface area contributed by atoms with Gasteiger partial charge in [-0.2, -0.15) is 0 Å². The summed E-state index contributed by atoms with van der Waals surface area (Å²) < 4.78 is 0. The summed E-state index contributed by atoms with van der Waals surface area (Å²) >= 11 is 7.45. The molecule has 2 heteroatoms. The third-order valence-corrected chi connectivity index (χ3v) is 2.95. The van der Waals surface area contributed by atoms with E-state index in [1.807, 2.05) is 12.2 Å². The van der Waals surface area contributed by atoms with E-state index in [4.69, 9.17) is 11.6 Å². The molecule has 0 saturated heterocycles. The molecule has 0 aliphatic carbocycles. The Bertz CT molecular complexity index is 334. The van der Waals surface area contributed by atoms with Crippen LogP contribution < -0.4 is 0 Å². The van der Waals surface area contributed by atoms with Crippen LogP contribution in [0.4, 0.5) is 0 Å². The Morgan fingerprint density at radius 2 is 2.38 bits per heavy atom. The molecule has 13 heavy (non-hydrogen) atoms. The molecule has 0 nitrogen and oxygen atoms in total. The quantitative estimate of drug-likeness (QED) is 0.653. The molecule has 1 heterocycles. The van der Waals surface area contributed by atoms with E-state index in [1.54, 1.807) is 11.3 Å². The summed E-state index contributed by atoms with van der Waals surface area (Å²) in [6.45, 7) is 7.90. The highest BCUT2D eigenvalue weighted by Gasteiger charge is 2.01. The van der Waals surface area contributed by atoms with E-state index in [9.17, 15) is 0 Å². The Morgan fingerprint density at radius 1 is 1.69 bits per heavy atom. The van der Waals surface area contributed by atoms with Gasteiger partial charge >= 0.3 is 0 Å². The van der Waals surface area contributed by atoms with Crippen LogP contribution >= 0.6 is 22.9 Å². The fraction of sp³-hybridized carbons (Fsp3) is 0.273. The van der Waals surface area contributed by atoms with Crippen molar-refractivity contribution >= 4 is 29.0 Å². The number of hydrogen-bond acceptors (Lipinski definition) is 1. The van der Waals surface area contributed by atoms with Crippen molar-refractivity contribution in [3.63, 3.8) is 0 Å². The number of hydrogen-bond donors (Lipinski definition) is 0. The van der Waals surface area contributed by atoms with Crippen LogP contribution in [-0.4, -0.2) is 0 Å². The van der Waals surface area contributed by atoms with Crippen LogP contribution in [-0.2, 0) is 6.42 Å². The van der Waals surface area contributed by atoms with Gasteiger partial charge in [0.05, 0.1) is 0 Å². The van der Waals surface area contributed by atoms with E-state index in [0.29, 0.717) is 5.03 Å². The van der Waals surface area contributed by atoms with Crippen molar-refractivity contribution < 1.29 is 0 Å². The second-order valence-corrected chi connectivity index (χ2v) is 4.65. The van der Waals surface area contributed by atoms with Crippen molar-refractivity contribution in [2.75, 3.05) is 0 Å². The molecule has 0 spiro atoms. The molecule has 0 saturated carbocycles. The van der Waals surface area contributed by atoms with Gasteiger partial charge in [0, 0.05) is 14.8 Å². The summed E-state index contributed by atoms with van der Waals surface area (Å²) in [4.78, 5) is 2.64. The Morgan fingerprint density at radius 3 is 2.92 bits per heavy atom. The van der Waals surface area contributed by atoms with Crippen LogP contribution in [0.1, 0.15) is 22.2 Å². The Balaban J connectivity index is 2.92. The third-order valence-electron chi connectivity index (χ3n) is 1.76. The largest absolute Gasteiger partial charge is 0.141 e. The molecule has 0 unspecified atom stereocenters. The van der Waals surface area contributed by atoms with Crippen LogP contribution in [0.2, 0.25) is 0 Å². The first-order valence-corrected chi connectivity index (χ1v) is 5.44. The molecule has 0 bridgehead atoms. The number of thiophene rings is 1. The van der Waals surface area contributed by atoms with Crippen LogP contribution in [0.3, 0.4) is 0 Å². The molecular weight excluding hydrogens is 200 g/mol. The van der Waals surface area contributed by atoms with E-state index < -0.39 is 0 Å². The maximum atomic E-state index is 5.65. The standard InChI is InChI=1S/C11H13ClS/c1-4-10-7-9(3)13-11(10)6-5-8(2)12/h5-7H,2,4H2,1,3H3/b6-5-. The van der Waals surface area contributed by atoms with E-state index >= 15 is 0 Å². The van der Waals surface area contributed by atoms with Crippen molar-refractivity contribution in [1.82, 2.24) is 0 Å². The van der Waals surface area contributed by atoms with E-state index in [-0.39, 0.29) is 0 Å². The van der Waals surface area contributed by atoms with Gasteiger partial charge in [0.15, 0.2) is 0 Å². The molecule has 0 aliphatic rings. The first-order chi connectivity index (χ1) is 6.13. The second-order valence-electron chi connectivity index (χ2n) is 2.88. The topological polar surface area (TPSA) is 0 Å². The highest BCUT2D eigenvalue weighted by molar-refractivity contribution is 7.13. The summed E-state index contributed by atoms with van der Waals surface area (Å²) in [5, 5.41) is 0.577. The molecule has 0 radical (unpaired) electrons. The van der Waals surface area contributed by atoms with Crippen LogP contribution in [0.15, 0.2) is 23.8 Å². The van der Waals surface area contributed by atoms with Gasteiger partial charge in [-0.3, -0.25) is 0 Å². The molecule has 1 aromatic heterocycles. The Hall–Kier alpha value is -0.530. The number of allylic oxidation sites excluding steroid dienone is 2. The van der Waals surface area contributed by atoms with Crippen molar-refractivity contribution in [3.05, 3.63) is 39.1 Å². The highest BCUT2D eigenvalue weighted by Crippen LogP contribution is 2.24. The first kappa shape index (κ1) is 10.6. The minimum Gasteiger partial charge on any atom is -0.141 e. The molecule has 0 atom stereocenters. The second kappa shape index (κ2) is 4.64. The fourth-order valence-corrected chi connectivity index (χ4v) is 2.25. The van der Waals surface area contributed by atoms with Crippen molar-refractivity contribution in [1.29, 1.82) is 0 Å². The van der Waals surface area contributed by atoms with E-state index in [2.05, 4.69) is 26.5 Å². The average molecular weight is 213 g/mol. The maximum Gasteiger partial charge on any atom is 0.0334 e. The predicted molar refractivity (Wildman–Crippen MR) is 62.5 cm³/mol. The SMILES string of the molecule is C=C(Cl)/C=C\c1sc(C)cc1CC. The summed E-state index contributed by atoms with van der Waals surface area (Å²) in [5.74, 6) is 0. The molecule has 0 aromatic carbocycles. The molecule has 0 aliphatic heterocycles. The minimum atomic E-state index is 0.577. The molecule has 1 rings (SSSR count). The average Bonchev–Trinajstić information content (AvgIpc) is 2.42. The van der Waals surface area contributed by atoms with Gasteiger partial charge in [-0.25, -0.2) is 0 Å². The summed E-state index contributed by atoms with van der Waals surface area (Å²) in [6.07, 6.45) is 4.94. The zero-order chi connectivity index (χ0) is 9.84. The normalized spacial score (nSPS) is 11.0. The first-order valence-electron chi connectivity index (χ1n) is 4.25. The van der Waals surface area contributed by atoms with Crippen molar-refractivity contribution in [2.24, 2.45) is 0 Å². The summed E-state index contributed by atoms with van der Waals surface area (Å²) in [7, 11) is 0. The molecule has 0 amide bonds. The van der Waals surface area contributed by atoms with Gasteiger partial charge in [0.1, 0.15) is 0 Å². The lowest BCUT2D eigenvalue weighted by Crippen LogP contribution is -1.76. The Labute approximate surface area is 88.6 Å². The van der Waals surface area contributed by atoms with Gasteiger partial charge in [-0.1, -0.05) is 25.1 Å². The monoisotopic (exact) mass is 212 g/mol. The zero-order valence-electron chi connectivity index (χ0n) is 7.93. The van der Waals surface area contributed by atoms with Gasteiger partial charge in [-0.15, -0.1) is 11.3 Å². The maximum absolute atomic E-state index is 5.65. The lowest BCUT2D eigenvalue weighted by Gasteiger charge is -1.92. The van der Waals surface area contributed by atoms with Crippen LogP contribution in [0.5, 0.6) is 0 Å². The van der Waals surface area contributed by atoms with Crippen LogP contribution in [0, 0.1) is 6.92 Å². The number of aryl methyl sites for hydroxylation is 2. The van der Waals surface area contributed by atoms with Gasteiger partial charge in [-0.05, 0) is 37.1 Å². The molecule has 70 valence electrons. The zero-order valence-corrected chi connectivity index (χ0v) is 9.50. The van der Waals surface area contributed by atoms with E-state index in [0.717, 1.165) is 6.42 Å². The summed E-state index contributed by atoms with van der Waals surface area (Å²) in [5.41, 5.74) is 1.39. The lowest BCUT2D eigenvalue weighted by molar-refractivity contribution is 1.15. The molecular formula is C11H13ClS. The third kappa shape index (κ3) is 3.02. The van der Waals surface area contributed by atoms with E-state index in [1.165, 1.54) is 15.3 Å². The van der Waals surface area contributed by atoms with Crippen molar-refractivity contribution in [3.8, 4) is 0 Å².